The standard InChI is InChI=1S/C7H7NO.3O.Re/c1-2-6-3-4-8-7(9)5-6;;;;/h2-5H,1H2,(H,8,9);;;;/q;;;;+1/p-1. The van der Waals surface area contributed by atoms with E-state index in [-0.39, 0.29) is 5.88 Å². The first-order valence-electron chi connectivity index (χ1n) is 3.20. The van der Waals surface area contributed by atoms with E-state index in [1.54, 1.807) is 6.07 Å². The van der Waals surface area contributed by atoms with Crippen molar-refractivity contribution in [1.29, 1.82) is 0 Å². The predicted octanol–water partition coefficient (Wildman–Crippen LogP) is 1.21. The molecule has 0 aliphatic rings. The van der Waals surface area contributed by atoms with E-state index < -0.39 is 15.8 Å². The first-order valence-corrected chi connectivity index (χ1v) is 7.63. The van der Waals surface area contributed by atoms with Crippen LogP contribution in [0.5, 0.6) is 5.88 Å². The maximum absolute atomic E-state index is 10.3. The van der Waals surface area contributed by atoms with Gasteiger partial charge in [-0.1, -0.05) is 0 Å². The third kappa shape index (κ3) is 3.32. The normalized spacial score (nSPS) is 10.8. The van der Waals surface area contributed by atoms with Gasteiger partial charge >= 0.3 is 77.1 Å². The van der Waals surface area contributed by atoms with E-state index in [4.69, 9.17) is 0 Å². The summed E-state index contributed by atoms with van der Waals surface area (Å²) in [6.45, 7) is 3.47. The summed E-state index contributed by atoms with van der Waals surface area (Å²) in [7, 11) is 0. The number of rotatable bonds is 3. The van der Waals surface area contributed by atoms with Gasteiger partial charge in [0.05, 0.1) is 0 Å². The van der Waals surface area contributed by atoms with E-state index >= 15 is 0 Å². The van der Waals surface area contributed by atoms with Crippen molar-refractivity contribution in [2.45, 2.75) is 0 Å². The molecule has 0 aromatic carbocycles. The third-order valence-corrected chi connectivity index (χ3v) is 2.42. The molecular weight excluding hydrogens is 348 g/mol. The van der Waals surface area contributed by atoms with Crippen LogP contribution in [0.3, 0.4) is 0 Å². The van der Waals surface area contributed by atoms with Gasteiger partial charge in [-0.3, -0.25) is 0 Å². The molecule has 0 amide bonds. The van der Waals surface area contributed by atoms with E-state index in [1.165, 1.54) is 18.3 Å². The first kappa shape index (κ1) is 9.84. The molecule has 0 atom stereocenters. The first-order chi connectivity index (χ1) is 6.01. The second-order valence-corrected chi connectivity index (χ2v) is 5.36. The molecule has 0 radical (unpaired) electrons. The van der Waals surface area contributed by atoms with Gasteiger partial charge in [0.15, 0.2) is 0 Å². The summed E-state index contributed by atoms with van der Waals surface area (Å²) in [6.07, 6.45) is 2.83. The topological polar surface area (TPSA) is 73.3 Å². The fourth-order valence-electron chi connectivity index (χ4n) is 0.691. The van der Waals surface area contributed by atoms with Gasteiger partial charge in [0.1, 0.15) is 0 Å². The van der Waals surface area contributed by atoms with Crippen LogP contribution in [0.4, 0.5) is 0 Å². The number of hydrogen-bond acceptors (Lipinski definition) is 5. The van der Waals surface area contributed by atoms with Crippen LogP contribution in [0.25, 0.3) is 6.08 Å². The summed E-state index contributed by atoms with van der Waals surface area (Å²) in [6, 6.07) is 2.93. The van der Waals surface area contributed by atoms with Crippen molar-refractivity contribution in [1.82, 2.24) is 4.98 Å². The molecule has 5 nitrogen and oxygen atoms in total. The second-order valence-electron chi connectivity index (χ2n) is 2.09. The average Bonchev–Trinajstić information content (AvgIpc) is 2.01. The molecule has 1 aromatic heterocycles. The molecule has 0 N–H and O–H groups in total. The fourth-order valence-corrected chi connectivity index (χ4v) is 1.69. The number of hydrogen-bond donors (Lipinski definition) is 0. The maximum atomic E-state index is 10.3. The van der Waals surface area contributed by atoms with Gasteiger partial charge in [0, 0.05) is 0 Å². The number of pyridine rings is 1. The fraction of sp³-hybridized carbons (Fsp3) is 0. The monoisotopic (exact) mass is 355 g/mol. The van der Waals surface area contributed by atoms with Gasteiger partial charge < -0.3 is 0 Å². The van der Waals surface area contributed by atoms with Gasteiger partial charge in [-0.2, -0.15) is 0 Å². The van der Waals surface area contributed by atoms with Gasteiger partial charge in [-0.15, -0.1) is 0 Å². The summed E-state index contributed by atoms with van der Waals surface area (Å²) in [5, 5.41) is 0. The van der Waals surface area contributed by atoms with Crippen LogP contribution in [0.1, 0.15) is 5.56 Å². The molecule has 0 saturated heterocycles. The van der Waals surface area contributed by atoms with Gasteiger partial charge in [-0.25, -0.2) is 0 Å². The van der Waals surface area contributed by atoms with Crippen molar-refractivity contribution in [2.75, 3.05) is 0 Å². The zero-order valence-electron chi connectivity index (χ0n) is 6.47. The predicted molar refractivity (Wildman–Crippen MR) is 37.0 cm³/mol. The van der Waals surface area contributed by atoms with Crippen molar-refractivity contribution in [3.8, 4) is 5.88 Å². The summed E-state index contributed by atoms with van der Waals surface area (Å²) in [5.41, 5.74) is 0.638. The van der Waals surface area contributed by atoms with Crippen LogP contribution >= 0.6 is 0 Å². The Morgan fingerprint density at radius 1 is 1.46 bits per heavy atom. The van der Waals surface area contributed by atoms with Crippen LogP contribution in [-0.4, -0.2) is 4.98 Å². The van der Waals surface area contributed by atoms with E-state index in [2.05, 4.69) is 15.0 Å². The van der Waals surface area contributed by atoms with Crippen LogP contribution in [0.15, 0.2) is 24.9 Å². The molecule has 0 unspecified atom stereocenters. The second kappa shape index (κ2) is 3.64. The molecule has 0 aliphatic heterocycles. The molecule has 70 valence electrons. The van der Waals surface area contributed by atoms with Crippen molar-refractivity contribution in [3.05, 3.63) is 30.5 Å². The Morgan fingerprint density at radius 3 is 2.69 bits per heavy atom. The molecule has 1 rings (SSSR count). The summed E-state index contributed by atoms with van der Waals surface area (Å²) < 4.78 is 34.9. The SMILES string of the molecule is C=Cc1ccnc([O][Re](=[O])(=[O])=[O])c1. The Hall–Kier alpha value is -1.25. The summed E-state index contributed by atoms with van der Waals surface area (Å²) in [5.74, 6) is -0.205. The summed E-state index contributed by atoms with van der Waals surface area (Å²) >= 11 is -5.88. The minimum absolute atomic E-state index is 0.205. The Kier molecular flexibility index (Phi) is 2.76. The Morgan fingerprint density at radius 2 is 2.15 bits per heavy atom. The Bertz CT molecular complexity index is 458. The molecule has 6 heteroatoms. The van der Waals surface area contributed by atoms with Crippen molar-refractivity contribution >= 4 is 6.08 Å². The minimum atomic E-state index is -5.88. The van der Waals surface area contributed by atoms with Crippen molar-refractivity contribution in [3.63, 3.8) is 0 Å². The average molecular weight is 354 g/mol. The molecule has 0 bridgehead atoms. The quantitative estimate of drug-likeness (QED) is 0.816. The van der Waals surface area contributed by atoms with Crippen LogP contribution in [-0.2, 0) is 26.2 Å². The van der Waals surface area contributed by atoms with Crippen LogP contribution < -0.4 is 3.46 Å². The molecular formula is C7H6NO4Re. The molecule has 1 heterocycles. The van der Waals surface area contributed by atoms with Crippen LogP contribution in [0.2, 0.25) is 0 Å². The molecule has 1 aromatic rings. The zero-order chi connectivity index (χ0) is 9.90. The Balaban J connectivity index is 3.03. The van der Waals surface area contributed by atoms with Crippen molar-refractivity contribution in [2.24, 2.45) is 0 Å². The molecule has 0 aliphatic carbocycles. The zero-order valence-corrected chi connectivity index (χ0v) is 9.19. The van der Waals surface area contributed by atoms with E-state index in [0.29, 0.717) is 5.56 Å². The number of aromatic nitrogens is 1. The van der Waals surface area contributed by atoms with Crippen LogP contribution in [0, 0.1) is 0 Å². The van der Waals surface area contributed by atoms with Gasteiger partial charge in [-0.05, 0) is 0 Å². The third-order valence-electron chi connectivity index (χ3n) is 1.17. The Labute approximate surface area is 77.4 Å². The molecule has 13 heavy (non-hydrogen) atoms. The van der Waals surface area contributed by atoms with Gasteiger partial charge in [0.2, 0.25) is 0 Å². The van der Waals surface area contributed by atoms with Crippen molar-refractivity contribution < 1.29 is 29.7 Å². The van der Waals surface area contributed by atoms with E-state index in [0.717, 1.165) is 0 Å². The van der Waals surface area contributed by atoms with E-state index in [1.807, 2.05) is 0 Å². The number of nitrogens with zero attached hydrogens (tertiary/aromatic N) is 1. The molecule has 0 spiro atoms. The van der Waals surface area contributed by atoms with Gasteiger partial charge in [0.25, 0.3) is 0 Å². The molecule has 0 fully saturated rings. The van der Waals surface area contributed by atoms with E-state index in [9.17, 15) is 10.4 Å². The summed E-state index contributed by atoms with van der Waals surface area (Å²) in [4.78, 5) is 3.55. The molecule has 0 saturated carbocycles.